The lowest BCUT2D eigenvalue weighted by Gasteiger charge is -2.35. The zero-order valence-corrected chi connectivity index (χ0v) is 21.3. The Hall–Kier alpha value is -2.32. The van der Waals surface area contributed by atoms with Crippen LogP contribution in [0.25, 0.3) is 11.3 Å². The topological polar surface area (TPSA) is 76.7 Å². The Morgan fingerprint density at radius 1 is 1.12 bits per heavy atom. The summed E-state index contributed by atoms with van der Waals surface area (Å²) in [4.78, 5) is 23.1. The maximum atomic E-state index is 13.0. The Bertz CT molecular complexity index is 1060. The zero-order chi connectivity index (χ0) is 24.5. The number of nitrogens with zero attached hydrogens (tertiary/aromatic N) is 2. The molecule has 0 spiro atoms. The van der Waals surface area contributed by atoms with Gasteiger partial charge in [0.2, 0.25) is 0 Å². The molecule has 1 aliphatic carbocycles. The third-order valence-corrected chi connectivity index (χ3v) is 7.81. The van der Waals surface area contributed by atoms with E-state index in [1.807, 2.05) is 44.0 Å². The van der Waals surface area contributed by atoms with Gasteiger partial charge in [0.15, 0.2) is 0 Å². The summed E-state index contributed by atoms with van der Waals surface area (Å²) in [5.74, 6) is 1.25. The fourth-order valence-electron chi connectivity index (χ4n) is 5.35. The first-order chi connectivity index (χ1) is 15.8. The lowest BCUT2D eigenvalue weighted by Crippen LogP contribution is -2.43. The summed E-state index contributed by atoms with van der Waals surface area (Å²) >= 11 is 0. The molecule has 1 saturated carbocycles. The van der Waals surface area contributed by atoms with Crippen molar-refractivity contribution in [3.05, 3.63) is 36.3 Å². The highest BCUT2D eigenvalue weighted by molar-refractivity contribution is 6.62. The van der Waals surface area contributed by atoms with Crippen LogP contribution in [0.4, 0.5) is 4.79 Å². The van der Waals surface area contributed by atoms with E-state index in [1.165, 1.54) is 0 Å². The fourth-order valence-corrected chi connectivity index (χ4v) is 5.35. The number of amides is 1. The SMILES string of the molecule is CC(C)(C)OC(=O)N1[C@@H]2CC[C@H](C2)[C@H]1c1ncc(-c2ccc(B3OC(C)(C)C(C)(C)O3)cc2)[nH]1. The second-order valence-electron chi connectivity index (χ2n) is 12.0. The van der Waals surface area contributed by atoms with E-state index < -0.39 is 5.60 Å². The van der Waals surface area contributed by atoms with Crippen LogP contribution in [-0.4, -0.2) is 50.9 Å². The van der Waals surface area contributed by atoms with Crippen molar-refractivity contribution >= 4 is 18.7 Å². The first-order valence-electron chi connectivity index (χ1n) is 12.4. The van der Waals surface area contributed by atoms with Crippen molar-refractivity contribution in [1.29, 1.82) is 0 Å². The van der Waals surface area contributed by atoms with Gasteiger partial charge in [0, 0.05) is 6.04 Å². The van der Waals surface area contributed by atoms with E-state index in [4.69, 9.17) is 19.0 Å². The molecule has 1 amide bonds. The molecule has 0 unspecified atom stereocenters. The van der Waals surface area contributed by atoms with Crippen LogP contribution in [0.1, 0.15) is 79.6 Å². The van der Waals surface area contributed by atoms with E-state index in [1.54, 1.807) is 0 Å². The lowest BCUT2D eigenvalue weighted by atomic mass is 9.79. The number of hydrogen-bond donors (Lipinski definition) is 1. The Balaban J connectivity index is 1.34. The molecule has 5 rings (SSSR count). The van der Waals surface area contributed by atoms with E-state index in [0.717, 1.165) is 41.8 Å². The van der Waals surface area contributed by atoms with E-state index in [-0.39, 0.29) is 36.5 Å². The molecule has 2 saturated heterocycles. The standard InChI is InChI=1S/C26H36BN3O4/c1-24(2,3)32-23(31)30-19-13-10-17(14-19)21(30)22-28-15-20(29-22)16-8-11-18(12-9-16)27-33-25(4,5)26(6,7)34-27/h8-9,11-12,15,17,19,21H,10,13-14H2,1-7H3,(H,28,29)/t17-,19-,21+/m1/s1. The predicted molar refractivity (Wildman–Crippen MR) is 132 cm³/mol. The van der Waals surface area contributed by atoms with Gasteiger partial charge in [-0.05, 0) is 84.7 Å². The van der Waals surface area contributed by atoms with Gasteiger partial charge in [0.05, 0.1) is 29.1 Å². The van der Waals surface area contributed by atoms with Gasteiger partial charge in [0.25, 0.3) is 0 Å². The van der Waals surface area contributed by atoms with Crippen molar-refractivity contribution < 1.29 is 18.8 Å². The third-order valence-electron chi connectivity index (χ3n) is 7.81. The maximum Gasteiger partial charge on any atom is 0.494 e. The van der Waals surface area contributed by atoms with Crippen molar-refractivity contribution in [2.24, 2.45) is 5.92 Å². The normalized spacial score (nSPS) is 27.4. The molecule has 3 aliphatic rings. The van der Waals surface area contributed by atoms with Gasteiger partial charge in [-0.15, -0.1) is 0 Å². The number of benzene rings is 1. The number of rotatable bonds is 3. The molecule has 34 heavy (non-hydrogen) atoms. The average molecular weight is 465 g/mol. The number of carbonyl (C=O) groups excluding carboxylic acids is 1. The number of carbonyl (C=O) groups is 1. The number of fused-ring (bicyclic) bond motifs is 2. The minimum Gasteiger partial charge on any atom is -0.444 e. The molecule has 1 aromatic carbocycles. The first-order valence-corrected chi connectivity index (χ1v) is 12.4. The molecule has 182 valence electrons. The van der Waals surface area contributed by atoms with Crippen molar-refractivity contribution in [3.8, 4) is 11.3 Å². The number of ether oxygens (including phenoxy) is 1. The zero-order valence-electron chi connectivity index (χ0n) is 21.3. The number of aromatic nitrogens is 2. The minimum atomic E-state index is -0.517. The molecule has 0 radical (unpaired) electrons. The van der Waals surface area contributed by atoms with Gasteiger partial charge in [-0.2, -0.15) is 0 Å². The highest BCUT2D eigenvalue weighted by Gasteiger charge is 2.52. The van der Waals surface area contributed by atoms with Gasteiger partial charge < -0.3 is 19.0 Å². The van der Waals surface area contributed by atoms with Crippen LogP contribution in [0.2, 0.25) is 0 Å². The summed E-state index contributed by atoms with van der Waals surface area (Å²) in [6, 6.07) is 8.38. The molecule has 2 bridgehead atoms. The van der Waals surface area contributed by atoms with Gasteiger partial charge in [-0.1, -0.05) is 24.3 Å². The largest absolute Gasteiger partial charge is 0.494 e. The Labute approximate surface area is 202 Å². The van der Waals surface area contributed by atoms with Crippen LogP contribution in [0.15, 0.2) is 30.5 Å². The van der Waals surface area contributed by atoms with Crippen LogP contribution in [0, 0.1) is 5.92 Å². The molecule has 3 heterocycles. The number of nitrogens with one attached hydrogen (secondary N) is 1. The predicted octanol–water partition coefficient (Wildman–Crippen LogP) is 4.84. The molecule has 1 N–H and O–H groups in total. The molecular weight excluding hydrogens is 429 g/mol. The minimum absolute atomic E-state index is 0.0635. The summed E-state index contributed by atoms with van der Waals surface area (Å²) in [6.45, 7) is 14.0. The van der Waals surface area contributed by atoms with Gasteiger partial charge >= 0.3 is 13.2 Å². The van der Waals surface area contributed by atoms with Crippen molar-refractivity contribution in [2.75, 3.05) is 0 Å². The summed E-state index contributed by atoms with van der Waals surface area (Å²) in [7, 11) is -0.382. The monoisotopic (exact) mass is 465 g/mol. The first kappa shape index (κ1) is 23.4. The Morgan fingerprint density at radius 3 is 2.38 bits per heavy atom. The van der Waals surface area contributed by atoms with Crippen molar-refractivity contribution in [3.63, 3.8) is 0 Å². The number of likely N-dealkylation sites (tertiary alicyclic amines) is 1. The fraction of sp³-hybridized carbons (Fsp3) is 0.615. The maximum absolute atomic E-state index is 13.0. The number of H-pyrrole nitrogens is 1. The summed E-state index contributed by atoms with van der Waals surface area (Å²) in [5.41, 5.74) is 1.71. The lowest BCUT2D eigenvalue weighted by molar-refractivity contribution is 0.00578. The Morgan fingerprint density at radius 2 is 1.76 bits per heavy atom. The van der Waals surface area contributed by atoms with Gasteiger partial charge in [0.1, 0.15) is 11.4 Å². The highest BCUT2D eigenvalue weighted by Crippen LogP contribution is 2.50. The molecule has 7 nitrogen and oxygen atoms in total. The molecule has 3 fully saturated rings. The number of imidazole rings is 1. The third kappa shape index (κ3) is 4.05. The van der Waals surface area contributed by atoms with Crippen LogP contribution in [0.5, 0.6) is 0 Å². The van der Waals surface area contributed by atoms with E-state index in [9.17, 15) is 4.79 Å². The molecular formula is C26H36BN3O4. The van der Waals surface area contributed by atoms with Crippen LogP contribution in [0.3, 0.4) is 0 Å². The second kappa shape index (κ2) is 7.85. The molecule has 1 aromatic heterocycles. The van der Waals surface area contributed by atoms with Crippen LogP contribution >= 0.6 is 0 Å². The summed E-state index contributed by atoms with van der Waals surface area (Å²) < 4.78 is 18.1. The number of hydrogen-bond acceptors (Lipinski definition) is 5. The second-order valence-corrected chi connectivity index (χ2v) is 12.0. The quantitative estimate of drug-likeness (QED) is 0.657. The number of piperidine rings is 1. The van der Waals surface area contributed by atoms with Crippen LogP contribution in [-0.2, 0) is 14.0 Å². The molecule has 2 aromatic rings. The van der Waals surface area contributed by atoms with E-state index in [2.05, 4.69) is 44.8 Å². The van der Waals surface area contributed by atoms with Crippen LogP contribution < -0.4 is 5.46 Å². The molecule has 8 heteroatoms. The van der Waals surface area contributed by atoms with E-state index in [0.29, 0.717) is 5.92 Å². The van der Waals surface area contributed by atoms with Gasteiger partial charge in [-0.3, -0.25) is 4.90 Å². The Kier molecular flexibility index (Phi) is 5.41. The van der Waals surface area contributed by atoms with E-state index >= 15 is 0 Å². The summed E-state index contributed by atoms with van der Waals surface area (Å²) in [6.07, 6.45) is 4.79. The molecule has 2 aliphatic heterocycles. The highest BCUT2D eigenvalue weighted by atomic mass is 16.7. The smallest absolute Gasteiger partial charge is 0.444 e. The van der Waals surface area contributed by atoms with Gasteiger partial charge in [-0.25, -0.2) is 9.78 Å². The van der Waals surface area contributed by atoms with Crippen molar-refractivity contribution in [1.82, 2.24) is 14.9 Å². The number of aromatic amines is 1. The summed E-state index contributed by atoms with van der Waals surface area (Å²) in [5, 5.41) is 0. The molecule has 3 atom stereocenters. The average Bonchev–Trinajstić information content (AvgIpc) is 3.49. The van der Waals surface area contributed by atoms with Crippen molar-refractivity contribution in [2.45, 2.75) is 96.6 Å².